The second kappa shape index (κ2) is 12.4. The van der Waals surface area contributed by atoms with E-state index < -0.39 is 0 Å². The van der Waals surface area contributed by atoms with Gasteiger partial charge in [0.15, 0.2) is 0 Å². The van der Waals surface area contributed by atoms with Crippen LogP contribution >= 0.6 is 23.5 Å². The minimum absolute atomic E-state index is 0.0662. The summed E-state index contributed by atoms with van der Waals surface area (Å²) in [6.45, 7) is 19.8. The van der Waals surface area contributed by atoms with Gasteiger partial charge in [-0.3, -0.25) is 0 Å². The van der Waals surface area contributed by atoms with Gasteiger partial charge in [-0.1, -0.05) is 98.7 Å². The highest BCUT2D eigenvalue weighted by atomic mass is 32.2. The van der Waals surface area contributed by atoms with Crippen molar-refractivity contribution < 1.29 is 15.3 Å². The van der Waals surface area contributed by atoms with E-state index in [1.165, 1.54) is 11.1 Å². The van der Waals surface area contributed by atoms with E-state index in [1.54, 1.807) is 0 Å². The van der Waals surface area contributed by atoms with Gasteiger partial charge in [0.2, 0.25) is 0 Å². The van der Waals surface area contributed by atoms with Crippen LogP contribution in [0.1, 0.15) is 119 Å². The molecule has 3 aromatic rings. The summed E-state index contributed by atoms with van der Waals surface area (Å²) in [5.74, 6) is 4.46. The van der Waals surface area contributed by atoms with Crippen LogP contribution in [-0.2, 0) is 40.6 Å². The molecule has 0 atom stereocenters. The summed E-state index contributed by atoms with van der Waals surface area (Å²) in [7, 11) is 0. The van der Waals surface area contributed by atoms with Gasteiger partial charge in [-0.25, -0.2) is 0 Å². The lowest BCUT2D eigenvalue weighted by molar-refractivity contribution is 0.453. The zero-order chi connectivity index (χ0) is 31.0. The maximum atomic E-state index is 11.8. The molecule has 0 amide bonds. The summed E-state index contributed by atoms with van der Waals surface area (Å²) in [5.41, 5.74) is 8.50. The fourth-order valence-electron chi connectivity index (χ4n) is 5.38. The first-order valence-corrected chi connectivity index (χ1v) is 17.5. The molecule has 1 aliphatic rings. The standard InChI is InChI=1S/C37H50O3S2/c1-35(2,3)29-15-23-13-25-17-30(36(4,5)6)19-27(33(25)39)21-41-11-10-12-42-22-28-20-31(37(7,8)9)18-26(34(28)40)14-24(16-29)32(23)38/h15-20,38-40H,10-14,21-22H2,1-9H3. The molecule has 1 aliphatic heterocycles. The Morgan fingerprint density at radius 3 is 1.00 bits per heavy atom. The number of hydrogen-bond donors (Lipinski definition) is 3. The van der Waals surface area contributed by atoms with Crippen LogP contribution in [0.3, 0.4) is 0 Å². The Hall–Kier alpha value is -2.24. The number of phenolic OH excluding ortho intramolecular Hbond substituents is 3. The number of aromatic hydroxyl groups is 3. The molecule has 1 heterocycles. The first kappa shape index (κ1) is 32.7. The van der Waals surface area contributed by atoms with Gasteiger partial charge >= 0.3 is 0 Å². The first-order valence-electron chi connectivity index (χ1n) is 15.2. The number of benzene rings is 3. The fraction of sp³-hybridized carbons (Fsp3) is 0.514. The molecule has 3 nitrogen and oxygen atoms in total. The van der Waals surface area contributed by atoms with Gasteiger partial charge in [0.05, 0.1) is 0 Å². The van der Waals surface area contributed by atoms with Crippen LogP contribution in [0.25, 0.3) is 0 Å². The summed E-state index contributed by atoms with van der Waals surface area (Å²) < 4.78 is 0. The number of rotatable bonds is 0. The topological polar surface area (TPSA) is 60.7 Å². The third kappa shape index (κ3) is 7.63. The van der Waals surface area contributed by atoms with Crippen molar-refractivity contribution in [3.63, 3.8) is 0 Å². The smallest absolute Gasteiger partial charge is 0.123 e. The molecular weight excluding hydrogens is 557 g/mol. The third-order valence-corrected chi connectivity index (χ3v) is 10.4. The molecule has 4 rings (SSSR count). The summed E-state index contributed by atoms with van der Waals surface area (Å²) in [6, 6.07) is 12.8. The third-order valence-electron chi connectivity index (χ3n) is 8.26. The monoisotopic (exact) mass is 606 g/mol. The van der Waals surface area contributed by atoms with E-state index in [2.05, 4.69) is 98.7 Å². The maximum absolute atomic E-state index is 11.8. The Morgan fingerprint density at radius 2 is 0.714 bits per heavy atom. The van der Waals surface area contributed by atoms with Crippen LogP contribution in [0.15, 0.2) is 36.4 Å². The van der Waals surface area contributed by atoms with Crippen LogP contribution in [0, 0.1) is 0 Å². The molecule has 228 valence electrons. The van der Waals surface area contributed by atoms with Gasteiger partial charge in [-0.15, -0.1) is 0 Å². The second-order valence-corrected chi connectivity index (χ2v) is 17.2. The first-order chi connectivity index (χ1) is 19.4. The van der Waals surface area contributed by atoms with Gasteiger partial charge in [-0.2, -0.15) is 23.5 Å². The van der Waals surface area contributed by atoms with Crippen molar-refractivity contribution in [2.24, 2.45) is 0 Å². The molecule has 5 heteroatoms. The van der Waals surface area contributed by atoms with E-state index in [-0.39, 0.29) is 22.0 Å². The van der Waals surface area contributed by atoms with Crippen LogP contribution in [0.2, 0.25) is 0 Å². The van der Waals surface area contributed by atoms with Gasteiger partial charge in [-0.05, 0) is 73.1 Å². The van der Waals surface area contributed by atoms with Gasteiger partial charge in [0, 0.05) is 35.5 Å². The van der Waals surface area contributed by atoms with E-state index in [9.17, 15) is 15.3 Å². The number of phenols is 3. The second-order valence-electron chi connectivity index (χ2n) is 15.0. The minimum Gasteiger partial charge on any atom is -0.507 e. The number of fused-ring (bicyclic) bond motifs is 6. The summed E-state index contributed by atoms with van der Waals surface area (Å²) in [5, 5.41) is 34.7. The SMILES string of the molecule is CC(C)(C)c1cc2c(O)c(c1)Cc1cc(C(C)(C)C)cc(c1O)Cc1cc(C(C)(C)C)cc(c1O)CSCCCSC2. The van der Waals surface area contributed by atoms with Crippen molar-refractivity contribution >= 4 is 23.5 Å². The van der Waals surface area contributed by atoms with Gasteiger partial charge in [0.25, 0.3) is 0 Å². The Morgan fingerprint density at radius 1 is 0.452 bits per heavy atom. The maximum Gasteiger partial charge on any atom is 0.123 e. The molecule has 0 aromatic heterocycles. The Kier molecular flexibility index (Phi) is 9.65. The van der Waals surface area contributed by atoms with E-state index in [1.807, 2.05) is 23.5 Å². The summed E-state index contributed by atoms with van der Waals surface area (Å²) >= 11 is 3.72. The lowest BCUT2D eigenvalue weighted by Crippen LogP contribution is -2.14. The molecule has 42 heavy (non-hydrogen) atoms. The normalized spacial score (nSPS) is 15.6. The van der Waals surface area contributed by atoms with E-state index >= 15 is 0 Å². The molecule has 0 saturated carbocycles. The molecule has 0 radical (unpaired) electrons. The molecule has 0 aliphatic carbocycles. The lowest BCUT2D eigenvalue weighted by atomic mass is 9.81. The van der Waals surface area contributed by atoms with Crippen LogP contribution in [0.5, 0.6) is 17.2 Å². The predicted octanol–water partition coefficient (Wildman–Crippen LogP) is 9.75. The zero-order valence-electron chi connectivity index (χ0n) is 27.1. The minimum atomic E-state index is -0.137. The predicted molar refractivity (Wildman–Crippen MR) is 183 cm³/mol. The molecule has 6 bridgehead atoms. The highest BCUT2D eigenvalue weighted by Gasteiger charge is 2.25. The number of hydrogen-bond acceptors (Lipinski definition) is 5. The van der Waals surface area contributed by atoms with E-state index in [0.29, 0.717) is 24.3 Å². The quantitative estimate of drug-likeness (QED) is 0.238. The zero-order valence-corrected chi connectivity index (χ0v) is 28.7. The molecule has 0 saturated heterocycles. The van der Waals surface area contributed by atoms with Gasteiger partial charge < -0.3 is 15.3 Å². The van der Waals surface area contributed by atoms with Crippen LogP contribution in [-0.4, -0.2) is 26.8 Å². The molecule has 0 spiro atoms. The summed E-state index contributed by atoms with van der Waals surface area (Å²) in [4.78, 5) is 0. The molecule has 3 aromatic carbocycles. The van der Waals surface area contributed by atoms with E-state index in [0.717, 1.165) is 68.4 Å². The van der Waals surface area contributed by atoms with Crippen molar-refractivity contribution in [1.29, 1.82) is 0 Å². The van der Waals surface area contributed by atoms with Crippen LogP contribution < -0.4 is 0 Å². The average molecular weight is 607 g/mol. The average Bonchev–Trinajstić information content (AvgIpc) is 2.86. The van der Waals surface area contributed by atoms with Crippen molar-refractivity contribution in [3.8, 4) is 17.2 Å². The molecule has 0 unspecified atom stereocenters. The van der Waals surface area contributed by atoms with Crippen LogP contribution in [0.4, 0.5) is 0 Å². The Bertz CT molecular complexity index is 1340. The fourth-order valence-corrected chi connectivity index (χ4v) is 7.42. The van der Waals surface area contributed by atoms with Crippen molar-refractivity contribution in [1.82, 2.24) is 0 Å². The Labute approximate surface area is 262 Å². The lowest BCUT2D eigenvalue weighted by Gasteiger charge is -2.25. The van der Waals surface area contributed by atoms with Gasteiger partial charge in [0.1, 0.15) is 17.2 Å². The van der Waals surface area contributed by atoms with Crippen molar-refractivity contribution in [3.05, 3.63) is 86.5 Å². The number of thioether (sulfide) groups is 2. The highest BCUT2D eigenvalue weighted by molar-refractivity contribution is 7.99. The highest BCUT2D eigenvalue weighted by Crippen LogP contribution is 2.41. The molecule has 3 N–H and O–H groups in total. The Balaban J connectivity index is 1.93. The molecule has 0 fully saturated rings. The van der Waals surface area contributed by atoms with E-state index in [4.69, 9.17) is 0 Å². The van der Waals surface area contributed by atoms with Crippen molar-refractivity contribution in [2.75, 3.05) is 11.5 Å². The largest absolute Gasteiger partial charge is 0.507 e. The molecular formula is C37H50O3S2. The summed E-state index contributed by atoms with van der Waals surface area (Å²) in [6.07, 6.45) is 1.95. The van der Waals surface area contributed by atoms with Crippen molar-refractivity contribution in [2.45, 2.75) is 109 Å².